The van der Waals surface area contributed by atoms with Crippen LogP contribution in [0.1, 0.15) is 48.2 Å². The summed E-state index contributed by atoms with van der Waals surface area (Å²) in [5.41, 5.74) is 10.8. The molecule has 1 saturated carbocycles. The molecule has 3 aliphatic heterocycles. The Bertz CT molecular complexity index is 1510. The maximum atomic E-state index is 12.7. The molecule has 1 aliphatic carbocycles. The molecule has 2 aromatic heterocycles. The van der Waals surface area contributed by atoms with Crippen LogP contribution in [0.3, 0.4) is 0 Å². The summed E-state index contributed by atoms with van der Waals surface area (Å²) < 4.78 is 5.82. The summed E-state index contributed by atoms with van der Waals surface area (Å²) in [7, 11) is 2.21. The van der Waals surface area contributed by atoms with Crippen molar-refractivity contribution in [2.75, 3.05) is 75.1 Å². The van der Waals surface area contributed by atoms with Gasteiger partial charge in [-0.2, -0.15) is 0 Å². The predicted molar refractivity (Wildman–Crippen MR) is 177 cm³/mol. The van der Waals surface area contributed by atoms with Gasteiger partial charge in [-0.15, -0.1) is 0 Å². The van der Waals surface area contributed by atoms with Crippen LogP contribution in [0.2, 0.25) is 0 Å². The van der Waals surface area contributed by atoms with E-state index in [1.807, 2.05) is 12.1 Å². The van der Waals surface area contributed by atoms with Crippen LogP contribution in [0.25, 0.3) is 11.3 Å². The van der Waals surface area contributed by atoms with Gasteiger partial charge >= 0.3 is 0 Å². The Hall–Kier alpha value is -3.80. The van der Waals surface area contributed by atoms with E-state index in [2.05, 4.69) is 62.5 Å². The Kier molecular flexibility index (Phi) is 8.32. The number of primary amides is 1. The summed E-state index contributed by atoms with van der Waals surface area (Å²) in [6.45, 7) is 10.4. The molecule has 4 fully saturated rings. The summed E-state index contributed by atoms with van der Waals surface area (Å²) >= 11 is 0. The van der Waals surface area contributed by atoms with E-state index in [9.17, 15) is 4.79 Å². The zero-order valence-corrected chi connectivity index (χ0v) is 26.5. The number of anilines is 4. The minimum atomic E-state index is -0.631. The molecule has 45 heavy (non-hydrogen) atoms. The molecule has 1 spiro atoms. The first-order valence-electron chi connectivity index (χ1n) is 16.4. The Morgan fingerprint density at radius 1 is 0.978 bits per heavy atom. The van der Waals surface area contributed by atoms with Crippen molar-refractivity contribution in [2.45, 2.75) is 51.1 Å². The molecule has 4 N–H and O–H groups in total. The van der Waals surface area contributed by atoms with Crippen molar-refractivity contribution < 1.29 is 9.53 Å². The fourth-order valence-corrected chi connectivity index (χ4v) is 7.32. The van der Waals surface area contributed by atoms with E-state index in [-0.39, 0.29) is 17.2 Å². The fraction of sp³-hybridized carbons (Fsp3) is 0.529. The number of aromatic nitrogens is 3. The number of carbonyl (C=O) groups excluding carboxylic acids is 1. The molecule has 3 saturated heterocycles. The van der Waals surface area contributed by atoms with Gasteiger partial charge in [0.2, 0.25) is 0 Å². The van der Waals surface area contributed by atoms with E-state index in [1.54, 1.807) is 12.4 Å². The number of aryl methyl sites for hydroxylation is 1. The smallest absolute Gasteiger partial charge is 0.271 e. The second-order valence-corrected chi connectivity index (χ2v) is 13.3. The molecule has 1 atom stereocenters. The molecular weight excluding hydrogens is 566 g/mol. The number of likely N-dealkylation sites (N-methyl/N-ethyl adjacent to an activating group) is 1. The van der Waals surface area contributed by atoms with Crippen LogP contribution in [0.5, 0.6) is 0 Å². The molecule has 0 bridgehead atoms. The molecule has 11 heteroatoms. The summed E-state index contributed by atoms with van der Waals surface area (Å²) in [6.07, 6.45) is 8.97. The van der Waals surface area contributed by atoms with Crippen molar-refractivity contribution in [3.63, 3.8) is 0 Å². The number of piperidine rings is 1. The normalized spacial score (nSPS) is 22.4. The van der Waals surface area contributed by atoms with Gasteiger partial charge in [0.05, 0.1) is 6.61 Å². The SMILES string of the molecule is Cc1cc(Nc2nc(NC3CCOCC34CC4)c(-c3ccncc3)nc2C(N)=O)ccc1N1CCC(N2CCN(C)CC2)CC1. The number of nitrogens with one attached hydrogen (secondary N) is 2. The lowest BCUT2D eigenvalue weighted by Crippen LogP contribution is -2.52. The zero-order chi connectivity index (χ0) is 31.0. The highest BCUT2D eigenvalue weighted by Crippen LogP contribution is 2.52. The number of benzene rings is 1. The minimum Gasteiger partial charge on any atom is -0.381 e. The average molecular weight is 612 g/mol. The Balaban J connectivity index is 1.12. The van der Waals surface area contributed by atoms with Gasteiger partial charge in [-0.1, -0.05) is 0 Å². The highest BCUT2D eigenvalue weighted by molar-refractivity contribution is 5.97. The average Bonchev–Trinajstić information content (AvgIpc) is 3.83. The van der Waals surface area contributed by atoms with E-state index < -0.39 is 5.91 Å². The Labute approximate surface area is 265 Å². The second kappa shape index (κ2) is 12.5. The first-order chi connectivity index (χ1) is 21.9. The maximum Gasteiger partial charge on any atom is 0.271 e. The number of nitrogens with two attached hydrogens (primary N) is 1. The van der Waals surface area contributed by atoms with Crippen molar-refractivity contribution in [2.24, 2.45) is 11.1 Å². The van der Waals surface area contributed by atoms with Crippen molar-refractivity contribution in [1.29, 1.82) is 0 Å². The third-order valence-corrected chi connectivity index (χ3v) is 10.3. The third-order valence-electron chi connectivity index (χ3n) is 10.3. The van der Waals surface area contributed by atoms with Crippen LogP contribution in [-0.2, 0) is 4.74 Å². The fourth-order valence-electron chi connectivity index (χ4n) is 7.32. The minimum absolute atomic E-state index is 0.105. The number of nitrogens with zero attached hydrogens (tertiary/aromatic N) is 6. The van der Waals surface area contributed by atoms with Gasteiger partial charge in [-0.05, 0) is 82.0 Å². The highest BCUT2D eigenvalue weighted by atomic mass is 16.5. The molecule has 0 radical (unpaired) electrons. The van der Waals surface area contributed by atoms with E-state index in [1.165, 1.54) is 37.2 Å². The van der Waals surface area contributed by atoms with Crippen LogP contribution in [0, 0.1) is 12.3 Å². The van der Waals surface area contributed by atoms with Crippen molar-refractivity contribution in [1.82, 2.24) is 24.8 Å². The largest absolute Gasteiger partial charge is 0.381 e. The lowest BCUT2D eigenvalue weighted by atomic mass is 9.92. The van der Waals surface area contributed by atoms with Crippen LogP contribution >= 0.6 is 0 Å². The van der Waals surface area contributed by atoms with Crippen molar-refractivity contribution >= 4 is 28.9 Å². The molecule has 7 rings (SSSR count). The summed E-state index contributed by atoms with van der Waals surface area (Å²) in [4.78, 5) is 34.3. The van der Waals surface area contributed by atoms with Crippen LogP contribution < -0.4 is 21.3 Å². The topological polar surface area (TPSA) is 125 Å². The van der Waals surface area contributed by atoms with E-state index in [4.69, 9.17) is 20.4 Å². The van der Waals surface area contributed by atoms with Gasteiger partial charge in [0.1, 0.15) is 5.69 Å². The molecule has 238 valence electrons. The molecule has 1 unspecified atom stereocenters. The van der Waals surface area contributed by atoms with Gasteiger partial charge in [0, 0.05) is 92.7 Å². The Morgan fingerprint density at radius 2 is 1.73 bits per heavy atom. The lowest BCUT2D eigenvalue weighted by molar-refractivity contribution is 0.0351. The Morgan fingerprint density at radius 3 is 2.42 bits per heavy atom. The first kappa shape index (κ1) is 29.9. The van der Waals surface area contributed by atoms with E-state index in [0.29, 0.717) is 30.0 Å². The van der Waals surface area contributed by atoms with E-state index >= 15 is 0 Å². The van der Waals surface area contributed by atoms with Crippen LogP contribution in [-0.4, -0.2) is 102 Å². The molecule has 4 aliphatic rings. The quantitative estimate of drug-likeness (QED) is 0.346. The molecule has 3 aromatic rings. The summed E-state index contributed by atoms with van der Waals surface area (Å²) in [5.74, 6) is 0.344. The number of amides is 1. The van der Waals surface area contributed by atoms with Gasteiger partial charge in [0.15, 0.2) is 17.3 Å². The van der Waals surface area contributed by atoms with Crippen LogP contribution in [0.15, 0.2) is 42.7 Å². The van der Waals surface area contributed by atoms with E-state index in [0.717, 1.165) is 63.3 Å². The number of carbonyl (C=O) groups is 1. The van der Waals surface area contributed by atoms with Crippen LogP contribution in [0.4, 0.5) is 23.0 Å². The standard InChI is InChI=1S/C34H45N9O2/c1-23-21-25(3-4-27(23)43-14-7-26(8-15-43)42-18-16-41(2)17-19-42)37-33-30(31(35)44)39-29(24-5-12-36-13-6-24)32(40-33)38-28-9-20-45-22-34(28)10-11-34/h3-6,12-13,21,26,28H,7-11,14-20,22H2,1-2H3,(H2,35,44)(H2,37,38,40). The monoisotopic (exact) mass is 611 g/mol. The maximum absolute atomic E-state index is 12.7. The number of piperazine rings is 1. The number of hydrogen-bond donors (Lipinski definition) is 3. The zero-order valence-electron chi connectivity index (χ0n) is 26.5. The predicted octanol–water partition coefficient (Wildman–Crippen LogP) is 3.89. The highest BCUT2D eigenvalue weighted by Gasteiger charge is 2.51. The second-order valence-electron chi connectivity index (χ2n) is 13.3. The van der Waals surface area contributed by atoms with Crippen molar-refractivity contribution in [3.05, 3.63) is 54.0 Å². The number of rotatable bonds is 8. The number of ether oxygens (including phenoxy) is 1. The van der Waals surface area contributed by atoms with Gasteiger partial charge in [-0.25, -0.2) is 9.97 Å². The van der Waals surface area contributed by atoms with Gasteiger partial charge < -0.3 is 30.9 Å². The lowest BCUT2D eigenvalue weighted by Gasteiger charge is -2.43. The van der Waals surface area contributed by atoms with Crippen molar-refractivity contribution in [3.8, 4) is 11.3 Å². The molecule has 11 nitrogen and oxygen atoms in total. The molecule has 5 heterocycles. The summed E-state index contributed by atoms with van der Waals surface area (Å²) in [6, 6.07) is 11.0. The van der Waals surface area contributed by atoms with Gasteiger partial charge in [0.25, 0.3) is 5.91 Å². The molecular formula is C34H45N9O2. The number of pyridine rings is 1. The molecule has 1 amide bonds. The third kappa shape index (κ3) is 6.34. The summed E-state index contributed by atoms with van der Waals surface area (Å²) in [5, 5.41) is 7.10. The van der Waals surface area contributed by atoms with Gasteiger partial charge in [-0.3, -0.25) is 14.7 Å². The molecule has 1 aromatic carbocycles. The number of hydrogen-bond acceptors (Lipinski definition) is 10. The first-order valence-corrected chi connectivity index (χ1v) is 16.4.